The van der Waals surface area contributed by atoms with E-state index in [9.17, 15) is 9.59 Å². The molecule has 4 atom stereocenters. The maximum atomic E-state index is 13.2. The van der Waals surface area contributed by atoms with Crippen LogP contribution in [-0.2, 0) is 9.53 Å². The van der Waals surface area contributed by atoms with Gasteiger partial charge in [-0.1, -0.05) is 20.8 Å². The number of nitrogens with zero attached hydrogens (tertiary/aromatic N) is 2. The lowest BCUT2D eigenvalue weighted by Gasteiger charge is -2.44. The van der Waals surface area contributed by atoms with Gasteiger partial charge >= 0.3 is 6.03 Å². The summed E-state index contributed by atoms with van der Waals surface area (Å²) in [5.74, 6) is 0.388. The van der Waals surface area contributed by atoms with Gasteiger partial charge in [0, 0.05) is 12.6 Å². The van der Waals surface area contributed by atoms with E-state index in [1.54, 1.807) is 0 Å². The third kappa shape index (κ3) is 3.18. The molecule has 2 heterocycles. The summed E-state index contributed by atoms with van der Waals surface area (Å²) in [5.41, 5.74) is -0.642. The number of urea groups is 1. The number of nitrogens with one attached hydrogen (secondary N) is 1. The fourth-order valence-electron chi connectivity index (χ4n) is 4.99. The van der Waals surface area contributed by atoms with Crippen LogP contribution in [0.4, 0.5) is 4.79 Å². The summed E-state index contributed by atoms with van der Waals surface area (Å²) >= 11 is 0. The molecule has 6 heteroatoms. The van der Waals surface area contributed by atoms with Crippen molar-refractivity contribution in [3.8, 4) is 0 Å². The van der Waals surface area contributed by atoms with Crippen molar-refractivity contribution < 1.29 is 14.3 Å². The average Bonchev–Trinajstić information content (AvgIpc) is 2.64. The lowest BCUT2D eigenvalue weighted by atomic mass is 9.64. The highest BCUT2D eigenvalue weighted by molar-refractivity contribution is 6.07. The van der Waals surface area contributed by atoms with Gasteiger partial charge in [0.2, 0.25) is 0 Å². The molecule has 3 fully saturated rings. The third-order valence-electron chi connectivity index (χ3n) is 5.68. The largest absolute Gasteiger partial charge is 0.376 e. The first kappa shape index (κ1) is 17.7. The van der Waals surface area contributed by atoms with E-state index in [1.807, 2.05) is 6.92 Å². The molecule has 3 aliphatic rings. The third-order valence-corrected chi connectivity index (χ3v) is 5.68. The van der Waals surface area contributed by atoms with Crippen molar-refractivity contribution in [2.24, 2.45) is 11.3 Å². The molecule has 3 rings (SSSR count). The molecule has 0 aromatic heterocycles. The summed E-state index contributed by atoms with van der Waals surface area (Å²) in [6, 6.07) is -0.0312. The smallest absolute Gasteiger partial charge is 0.326 e. The summed E-state index contributed by atoms with van der Waals surface area (Å²) in [7, 11) is 0. The minimum Gasteiger partial charge on any atom is -0.376 e. The highest BCUT2D eigenvalue weighted by Gasteiger charge is 2.56. The second-order valence-corrected chi connectivity index (χ2v) is 9.01. The normalized spacial score (nSPS) is 40.2. The number of morpholine rings is 1. The van der Waals surface area contributed by atoms with Crippen LogP contribution < -0.4 is 5.32 Å². The zero-order valence-electron chi connectivity index (χ0n) is 15.6. The monoisotopic (exact) mass is 337 g/mol. The van der Waals surface area contributed by atoms with Crippen molar-refractivity contribution in [1.82, 2.24) is 15.1 Å². The van der Waals surface area contributed by atoms with E-state index in [1.165, 1.54) is 4.90 Å². The first-order chi connectivity index (χ1) is 11.1. The fraction of sp³-hybridized carbons (Fsp3) is 0.889. The molecule has 136 valence electrons. The molecule has 2 saturated heterocycles. The van der Waals surface area contributed by atoms with Crippen LogP contribution in [-0.4, -0.2) is 59.2 Å². The number of hydrogen-bond acceptors (Lipinski definition) is 4. The number of carbonyl (C=O) groups is 2. The minimum atomic E-state index is -0.709. The zero-order chi connectivity index (χ0) is 17.7. The first-order valence-corrected chi connectivity index (χ1v) is 9.12. The van der Waals surface area contributed by atoms with Gasteiger partial charge in [0.25, 0.3) is 5.91 Å². The van der Waals surface area contributed by atoms with E-state index in [4.69, 9.17) is 4.74 Å². The summed E-state index contributed by atoms with van der Waals surface area (Å²) in [5, 5.41) is 3.05. The van der Waals surface area contributed by atoms with Crippen molar-refractivity contribution in [3.63, 3.8) is 0 Å². The molecular formula is C18H31N3O3. The Hall–Kier alpha value is -1.14. The van der Waals surface area contributed by atoms with Crippen LogP contribution in [0.15, 0.2) is 0 Å². The molecule has 1 saturated carbocycles. The van der Waals surface area contributed by atoms with Crippen LogP contribution in [0, 0.1) is 11.3 Å². The van der Waals surface area contributed by atoms with Gasteiger partial charge in [-0.3, -0.25) is 9.69 Å². The predicted molar refractivity (Wildman–Crippen MR) is 91.4 cm³/mol. The number of rotatable bonds is 2. The lowest BCUT2D eigenvalue weighted by Crippen LogP contribution is -2.55. The highest BCUT2D eigenvalue weighted by atomic mass is 16.5. The molecule has 6 nitrogen and oxygen atoms in total. The van der Waals surface area contributed by atoms with Crippen molar-refractivity contribution in [1.29, 1.82) is 0 Å². The SMILES string of the molecule is CC1CC(C)(C)CC2(C1)NC(=O)N(CN1CC(C)OCC1C)C2=O. The van der Waals surface area contributed by atoms with E-state index < -0.39 is 5.54 Å². The average molecular weight is 337 g/mol. The van der Waals surface area contributed by atoms with Crippen molar-refractivity contribution in [2.75, 3.05) is 19.8 Å². The summed E-state index contributed by atoms with van der Waals surface area (Å²) in [4.78, 5) is 29.3. The molecule has 1 spiro atoms. The van der Waals surface area contributed by atoms with Gasteiger partial charge < -0.3 is 10.1 Å². The van der Waals surface area contributed by atoms with E-state index >= 15 is 0 Å². The van der Waals surface area contributed by atoms with Gasteiger partial charge in [-0.15, -0.1) is 0 Å². The van der Waals surface area contributed by atoms with Crippen LogP contribution in [0.25, 0.3) is 0 Å². The molecular weight excluding hydrogens is 306 g/mol. The topological polar surface area (TPSA) is 61.9 Å². The van der Waals surface area contributed by atoms with Crippen molar-refractivity contribution in [2.45, 2.75) is 71.6 Å². The van der Waals surface area contributed by atoms with Crippen molar-refractivity contribution in [3.05, 3.63) is 0 Å². The van der Waals surface area contributed by atoms with Gasteiger partial charge in [-0.05, 0) is 44.4 Å². The molecule has 0 bridgehead atoms. The minimum absolute atomic E-state index is 0.0431. The van der Waals surface area contributed by atoms with Crippen LogP contribution in [0.5, 0.6) is 0 Å². The van der Waals surface area contributed by atoms with Crippen LogP contribution in [0.1, 0.15) is 53.9 Å². The van der Waals surface area contributed by atoms with Gasteiger partial charge in [0.15, 0.2) is 0 Å². The zero-order valence-corrected chi connectivity index (χ0v) is 15.6. The summed E-state index contributed by atoms with van der Waals surface area (Å²) < 4.78 is 5.64. The van der Waals surface area contributed by atoms with Crippen LogP contribution in [0.2, 0.25) is 0 Å². The van der Waals surface area contributed by atoms with Gasteiger partial charge in [-0.2, -0.15) is 0 Å². The van der Waals surface area contributed by atoms with Gasteiger partial charge in [0.1, 0.15) is 5.54 Å². The number of carbonyl (C=O) groups excluding carboxylic acids is 2. The maximum absolute atomic E-state index is 13.2. The molecule has 0 aromatic rings. The standard InChI is InChI=1S/C18H31N3O3/c1-12-6-17(4,5)10-18(7-12)15(22)21(16(23)19-18)11-20-8-14(3)24-9-13(20)2/h12-14H,6-11H2,1-5H3,(H,19,23). The molecule has 24 heavy (non-hydrogen) atoms. The number of imide groups is 1. The number of ether oxygens (including phenoxy) is 1. The van der Waals surface area contributed by atoms with Crippen LogP contribution in [0.3, 0.4) is 0 Å². The quantitative estimate of drug-likeness (QED) is 0.785. The van der Waals surface area contributed by atoms with E-state index in [-0.39, 0.29) is 29.5 Å². The second kappa shape index (κ2) is 5.99. The summed E-state index contributed by atoms with van der Waals surface area (Å²) in [6.45, 7) is 12.4. The predicted octanol–water partition coefficient (Wildman–Crippen LogP) is 2.19. The molecule has 1 N–H and O–H groups in total. The van der Waals surface area contributed by atoms with Gasteiger partial charge in [0.05, 0.1) is 19.4 Å². The van der Waals surface area contributed by atoms with Crippen LogP contribution >= 0.6 is 0 Å². The molecule has 2 aliphatic heterocycles. The van der Waals surface area contributed by atoms with E-state index in [2.05, 4.69) is 37.9 Å². The Labute approximate surface area is 144 Å². The highest BCUT2D eigenvalue weighted by Crippen LogP contribution is 2.46. The fourth-order valence-corrected chi connectivity index (χ4v) is 4.99. The Balaban J connectivity index is 1.77. The molecule has 0 radical (unpaired) electrons. The van der Waals surface area contributed by atoms with Crippen molar-refractivity contribution >= 4 is 11.9 Å². The Morgan fingerprint density at radius 1 is 1.21 bits per heavy atom. The second-order valence-electron chi connectivity index (χ2n) is 9.01. The Kier molecular flexibility index (Phi) is 4.41. The Morgan fingerprint density at radius 2 is 1.92 bits per heavy atom. The van der Waals surface area contributed by atoms with Gasteiger partial charge in [-0.25, -0.2) is 9.69 Å². The molecule has 3 amide bonds. The Morgan fingerprint density at radius 3 is 2.58 bits per heavy atom. The first-order valence-electron chi connectivity index (χ1n) is 9.12. The van der Waals surface area contributed by atoms with E-state index in [0.717, 1.165) is 25.8 Å². The molecule has 0 aromatic carbocycles. The summed E-state index contributed by atoms with van der Waals surface area (Å²) in [6.07, 6.45) is 2.69. The maximum Gasteiger partial charge on any atom is 0.326 e. The lowest BCUT2D eigenvalue weighted by molar-refractivity contribution is -0.138. The number of amides is 3. The molecule has 4 unspecified atom stereocenters. The number of hydrogen-bond donors (Lipinski definition) is 1. The molecule has 1 aliphatic carbocycles. The Bertz CT molecular complexity index is 536. The van der Waals surface area contributed by atoms with E-state index in [0.29, 0.717) is 19.2 Å².